The van der Waals surface area contributed by atoms with Crippen molar-refractivity contribution in [1.82, 2.24) is 4.48 Å². The van der Waals surface area contributed by atoms with Gasteiger partial charge in [-0.15, -0.1) is 0 Å². The number of rotatable bonds is 1. The Hall–Kier alpha value is -2.61. The molecule has 0 bridgehead atoms. The number of quaternary nitrogens is 1. The van der Waals surface area contributed by atoms with Crippen LogP contribution in [0.5, 0.6) is 5.75 Å². The summed E-state index contributed by atoms with van der Waals surface area (Å²) in [6, 6.07) is 8.80. The molecule has 132 valence electrons. The van der Waals surface area contributed by atoms with E-state index in [2.05, 4.69) is 5.32 Å². The first-order valence-electron chi connectivity index (χ1n) is 7.48. The van der Waals surface area contributed by atoms with Gasteiger partial charge in [0, 0.05) is 11.8 Å². The highest BCUT2D eigenvalue weighted by Gasteiger charge is 2.41. The molecule has 1 aliphatic heterocycles. The number of fused-ring (bicyclic) bond motifs is 1. The fourth-order valence-electron chi connectivity index (χ4n) is 2.72. The SMILES string of the molecule is C[N+]1(C(=O)Nc2ccc(F)c(C(F)(F)F)c2)CCOc2ccccc21. The Balaban J connectivity index is 1.91. The fraction of sp³-hybridized carbons (Fsp3) is 0.235. The number of benzene rings is 2. The molecule has 0 saturated heterocycles. The molecule has 0 saturated carbocycles. The number of anilines is 1. The Morgan fingerprint density at radius 1 is 1.20 bits per heavy atom. The van der Waals surface area contributed by atoms with Crippen LogP contribution < -0.4 is 14.5 Å². The molecule has 8 heteroatoms. The summed E-state index contributed by atoms with van der Waals surface area (Å²) >= 11 is 0. The molecule has 0 radical (unpaired) electrons. The van der Waals surface area contributed by atoms with Gasteiger partial charge in [0.2, 0.25) is 0 Å². The number of hydrogen-bond acceptors (Lipinski definition) is 2. The van der Waals surface area contributed by atoms with Gasteiger partial charge < -0.3 is 4.74 Å². The first-order chi connectivity index (χ1) is 11.7. The first-order valence-corrected chi connectivity index (χ1v) is 7.48. The highest BCUT2D eigenvalue weighted by molar-refractivity contribution is 5.98. The van der Waals surface area contributed by atoms with E-state index >= 15 is 0 Å². The topological polar surface area (TPSA) is 38.3 Å². The van der Waals surface area contributed by atoms with Crippen LogP contribution in [-0.2, 0) is 6.18 Å². The molecule has 1 heterocycles. The molecule has 4 nitrogen and oxygen atoms in total. The fourth-order valence-corrected chi connectivity index (χ4v) is 2.72. The largest absolute Gasteiger partial charge is 0.481 e. The van der Waals surface area contributed by atoms with E-state index in [4.69, 9.17) is 4.74 Å². The Morgan fingerprint density at radius 2 is 1.92 bits per heavy atom. The van der Waals surface area contributed by atoms with Gasteiger partial charge in [-0.3, -0.25) is 5.32 Å². The number of hydrogen-bond donors (Lipinski definition) is 1. The molecule has 3 rings (SSSR count). The summed E-state index contributed by atoms with van der Waals surface area (Å²) in [5.74, 6) is -0.843. The van der Waals surface area contributed by atoms with E-state index < -0.39 is 23.6 Å². The standard InChI is InChI=1S/C17H14F4N2O2/c1-23(8-9-25-15-5-3-2-4-14(15)23)16(24)22-11-6-7-13(18)12(10-11)17(19,20)21/h2-7,10H,8-9H2,1H3/p+1. The summed E-state index contributed by atoms with van der Waals surface area (Å²) in [4.78, 5) is 12.7. The number of alkyl halides is 3. The molecule has 0 aromatic heterocycles. The Labute approximate surface area is 141 Å². The third-order valence-electron chi connectivity index (χ3n) is 4.16. The minimum absolute atomic E-state index is 0.123. The van der Waals surface area contributed by atoms with Gasteiger partial charge in [0.05, 0.1) is 12.6 Å². The van der Waals surface area contributed by atoms with E-state index in [1.54, 1.807) is 31.3 Å². The predicted octanol–water partition coefficient (Wildman–Crippen LogP) is 4.41. The van der Waals surface area contributed by atoms with Crippen LogP contribution in [0.2, 0.25) is 0 Å². The molecular formula is C17H15F4N2O2+. The lowest BCUT2D eigenvalue weighted by Crippen LogP contribution is -2.57. The van der Waals surface area contributed by atoms with Gasteiger partial charge in [-0.2, -0.15) is 13.2 Å². The minimum Gasteiger partial charge on any atom is -0.481 e. The van der Waals surface area contributed by atoms with Crippen molar-refractivity contribution in [3.8, 4) is 5.75 Å². The molecule has 0 spiro atoms. The average molecular weight is 355 g/mol. The number of nitrogens with zero attached hydrogens (tertiary/aromatic N) is 1. The summed E-state index contributed by atoms with van der Waals surface area (Å²) < 4.78 is 57.2. The maximum Gasteiger partial charge on any atom is 0.426 e. The zero-order valence-corrected chi connectivity index (χ0v) is 13.2. The monoisotopic (exact) mass is 355 g/mol. The number of halogens is 4. The molecule has 0 aliphatic carbocycles. The number of amides is 2. The molecule has 2 aromatic carbocycles. The second kappa shape index (κ2) is 6.03. The number of nitrogens with one attached hydrogen (secondary N) is 1. The number of urea groups is 1. The Kier molecular flexibility index (Phi) is 4.16. The maximum atomic E-state index is 13.4. The summed E-state index contributed by atoms with van der Waals surface area (Å²) in [5.41, 5.74) is -0.943. The van der Waals surface area contributed by atoms with Crippen molar-refractivity contribution < 1.29 is 27.1 Å². The van der Waals surface area contributed by atoms with Crippen LogP contribution in [0, 0.1) is 5.82 Å². The minimum atomic E-state index is -4.84. The van der Waals surface area contributed by atoms with Gasteiger partial charge in [-0.25, -0.2) is 13.7 Å². The van der Waals surface area contributed by atoms with Crippen molar-refractivity contribution in [1.29, 1.82) is 0 Å². The van der Waals surface area contributed by atoms with E-state index in [-0.39, 0.29) is 16.8 Å². The van der Waals surface area contributed by atoms with Crippen LogP contribution in [0.4, 0.5) is 33.7 Å². The van der Waals surface area contributed by atoms with Crippen molar-refractivity contribution in [3.63, 3.8) is 0 Å². The predicted molar refractivity (Wildman–Crippen MR) is 84.9 cm³/mol. The van der Waals surface area contributed by atoms with Gasteiger partial charge >= 0.3 is 12.2 Å². The van der Waals surface area contributed by atoms with Crippen molar-refractivity contribution in [2.24, 2.45) is 0 Å². The van der Waals surface area contributed by atoms with Gasteiger partial charge in [0.15, 0.2) is 11.4 Å². The van der Waals surface area contributed by atoms with Crippen molar-refractivity contribution >= 4 is 17.4 Å². The number of carbonyl (C=O) groups is 1. The van der Waals surface area contributed by atoms with Crippen LogP contribution in [0.25, 0.3) is 0 Å². The molecular weight excluding hydrogens is 340 g/mol. The average Bonchev–Trinajstić information content (AvgIpc) is 2.56. The lowest BCUT2D eigenvalue weighted by Gasteiger charge is -2.35. The number of likely N-dealkylation sites (N-methyl/N-ethyl adjacent to an activating group) is 1. The second-order valence-corrected chi connectivity index (χ2v) is 5.85. The number of para-hydroxylation sites is 2. The highest BCUT2D eigenvalue weighted by atomic mass is 19.4. The quantitative estimate of drug-likeness (QED) is 0.608. The Bertz CT molecular complexity index is 823. The smallest absolute Gasteiger partial charge is 0.426 e. The molecule has 2 aromatic rings. The van der Waals surface area contributed by atoms with Crippen LogP contribution in [0.1, 0.15) is 5.56 Å². The molecule has 1 unspecified atom stereocenters. The van der Waals surface area contributed by atoms with Crippen LogP contribution >= 0.6 is 0 Å². The molecule has 1 aliphatic rings. The van der Waals surface area contributed by atoms with Gasteiger partial charge in [0.1, 0.15) is 19.0 Å². The summed E-state index contributed by atoms with van der Waals surface area (Å²) in [7, 11) is 1.64. The van der Waals surface area contributed by atoms with Crippen molar-refractivity contribution in [3.05, 3.63) is 53.8 Å². The summed E-state index contributed by atoms with van der Waals surface area (Å²) in [6.07, 6.45) is -4.84. The van der Waals surface area contributed by atoms with Crippen LogP contribution in [0.15, 0.2) is 42.5 Å². The highest BCUT2D eigenvalue weighted by Crippen LogP contribution is 2.37. The van der Waals surface area contributed by atoms with Crippen LogP contribution in [-0.4, -0.2) is 26.2 Å². The normalized spacial score (nSPS) is 19.7. The van der Waals surface area contributed by atoms with Gasteiger partial charge in [0.25, 0.3) is 0 Å². The zero-order chi connectivity index (χ0) is 18.2. The lowest BCUT2D eigenvalue weighted by molar-refractivity contribution is -0.139. The van der Waals surface area contributed by atoms with E-state index in [0.29, 0.717) is 30.1 Å². The number of carbonyl (C=O) groups excluding carboxylic acids is 1. The maximum absolute atomic E-state index is 13.4. The molecule has 1 atom stereocenters. The first kappa shape index (κ1) is 17.2. The zero-order valence-electron chi connectivity index (χ0n) is 13.2. The van der Waals surface area contributed by atoms with Gasteiger partial charge in [-0.1, -0.05) is 12.1 Å². The molecule has 2 amide bonds. The van der Waals surface area contributed by atoms with Crippen LogP contribution in [0.3, 0.4) is 0 Å². The van der Waals surface area contributed by atoms with E-state index in [0.717, 1.165) is 6.07 Å². The van der Waals surface area contributed by atoms with Gasteiger partial charge in [-0.05, 0) is 24.3 Å². The van der Waals surface area contributed by atoms with Crippen molar-refractivity contribution in [2.75, 3.05) is 25.5 Å². The molecule has 0 fully saturated rings. The van der Waals surface area contributed by atoms with E-state index in [1.807, 2.05) is 0 Å². The third-order valence-corrected chi connectivity index (χ3v) is 4.16. The Morgan fingerprint density at radius 3 is 2.64 bits per heavy atom. The number of ether oxygens (including phenoxy) is 1. The molecule has 1 N–H and O–H groups in total. The summed E-state index contributed by atoms with van der Waals surface area (Å²) in [6.45, 7) is 0.605. The van der Waals surface area contributed by atoms with E-state index in [1.165, 1.54) is 0 Å². The van der Waals surface area contributed by atoms with E-state index in [9.17, 15) is 22.4 Å². The summed E-state index contributed by atoms with van der Waals surface area (Å²) in [5, 5.41) is 2.44. The van der Waals surface area contributed by atoms with Crippen molar-refractivity contribution in [2.45, 2.75) is 6.18 Å². The lowest BCUT2D eigenvalue weighted by atomic mass is 10.1. The second-order valence-electron chi connectivity index (χ2n) is 5.85. The molecule has 25 heavy (non-hydrogen) atoms. The third kappa shape index (κ3) is 3.17.